The lowest BCUT2D eigenvalue weighted by Gasteiger charge is -2.01. The number of rotatable bonds is 1. The van der Waals surface area contributed by atoms with Crippen LogP contribution in [0.15, 0.2) is 27.1 Å². The molecule has 16 heavy (non-hydrogen) atoms. The summed E-state index contributed by atoms with van der Waals surface area (Å²) in [6.07, 6.45) is 0. The minimum absolute atomic E-state index is 0.0527. The monoisotopic (exact) mass is 277 g/mol. The smallest absolute Gasteiger partial charge is 0.230 e. The molecule has 0 aliphatic rings. The number of anilines is 1. The van der Waals surface area contributed by atoms with Gasteiger partial charge in [0.25, 0.3) is 0 Å². The molecule has 0 atom stereocenters. The lowest BCUT2D eigenvalue weighted by Crippen LogP contribution is -1.84. The van der Waals surface area contributed by atoms with Gasteiger partial charge in [0, 0.05) is 10.0 Å². The van der Waals surface area contributed by atoms with Crippen molar-refractivity contribution < 1.29 is 4.42 Å². The number of benzene rings is 1. The molecule has 0 amide bonds. The zero-order valence-corrected chi connectivity index (χ0v) is 10.1. The summed E-state index contributed by atoms with van der Waals surface area (Å²) < 4.78 is 6.17. The van der Waals surface area contributed by atoms with Crippen LogP contribution in [-0.4, -0.2) is 4.98 Å². The number of aromatic nitrogens is 1. The van der Waals surface area contributed by atoms with E-state index < -0.39 is 0 Å². The molecule has 0 saturated carbocycles. The van der Waals surface area contributed by atoms with Crippen LogP contribution in [0.2, 0.25) is 0 Å². The molecule has 0 unspecified atom stereocenters. The van der Waals surface area contributed by atoms with E-state index in [0.29, 0.717) is 5.89 Å². The van der Waals surface area contributed by atoms with E-state index in [9.17, 15) is 0 Å². The maximum absolute atomic E-state index is 8.74. The Morgan fingerprint density at radius 3 is 2.88 bits per heavy atom. The van der Waals surface area contributed by atoms with Gasteiger partial charge in [0.2, 0.25) is 17.5 Å². The lowest BCUT2D eigenvalue weighted by molar-refractivity contribution is 0.593. The van der Waals surface area contributed by atoms with Gasteiger partial charge < -0.3 is 10.2 Å². The zero-order valence-electron chi connectivity index (χ0n) is 8.49. The molecule has 80 valence electrons. The highest BCUT2D eigenvalue weighted by atomic mass is 79.9. The molecular formula is C11H8BrN3O. The average Bonchev–Trinajstić information content (AvgIpc) is 2.63. The van der Waals surface area contributed by atoms with Crippen molar-refractivity contribution >= 4 is 21.8 Å². The summed E-state index contributed by atoms with van der Waals surface area (Å²) in [4.78, 5) is 4.03. The molecule has 5 heteroatoms. The second-order valence-electron chi connectivity index (χ2n) is 3.30. The number of nitrogens with two attached hydrogens (primary N) is 1. The van der Waals surface area contributed by atoms with E-state index in [0.717, 1.165) is 15.6 Å². The van der Waals surface area contributed by atoms with Crippen LogP contribution in [0.5, 0.6) is 0 Å². The normalized spacial score (nSPS) is 10.1. The molecule has 0 radical (unpaired) electrons. The Morgan fingerprint density at radius 1 is 1.50 bits per heavy atom. The van der Waals surface area contributed by atoms with E-state index in [-0.39, 0.29) is 11.6 Å². The first-order valence-corrected chi connectivity index (χ1v) is 5.34. The van der Waals surface area contributed by atoms with Crippen molar-refractivity contribution in [2.24, 2.45) is 0 Å². The molecule has 2 aromatic rings. The van der Waals surface area contributed by atoms with Gasteiger partial charge in [0.1, 0.15) is 6.07 Å². The van der Waals surface area contributed by atoms with E-state index in [1.54, 1.807) is 0 Å². The van der Waals surface area contributed by atoms with Gasteiger partial charge in [-0.05, 0) is 24.6 Å². The summed E-state index contributed by atoms with van der Waals surface area (Å²) in [7, 11) is 0. The maximum atomic E-state index is 8.74. The topological polar surface area (TPSA) is 75.8 Å². The van der Waals surface area contributed by atoms with Crippen molar-refractivity contribution in [2.75, 3.05) is 5.73 Å². The van der Waals surface area contributed by atoms with Crippen LogP contribution in [0.25, 0.3) is 11.5 Å². The van der Waals surface area contributed by atoms with Crippen molar-refractivity contribution in [2.45, 2.75) is 6.92 Å². The van der Waals surface area contributed by atoms with E-state index in [4.69, 9.17) is 15.4 Å². The Bertz CT molecular complexity index is 583. The first-order valence-electron chi connectivity index (χ1n) is 4.54. The number of nitrogens with zero attached hydrogens (tertiary/aromatic N) is 2. The van der Waals surface area contributed by atoms with Crippen molar-refractivity contribution in [3.63, 3.8) is 0 Å². The van der Waals surface area contributed by atoms with Crippen LogP contribution in [0, 0.1) is 18.3 Å². The number of hydrogen-bond donors (Lipinski definition) is 1. The maximum Gasteiger partial charge on any atom is 0.230 e. The van der Waals surface area contributed by atoms with Crippen LogP contribution in [0.1, 0.15) is 11.3 Å². The molecule has 0 aliphatic heterocycles. The molecule has 4 nitrogen and oxygen atoms in total. The van der Waals surface area contributed by atoms with Gasteiger partial charge in [-0.15, -0.1) is 0 Å². The predicted molar refractivity (Wildman–Crippen MR) is 63.5 cm³/mol. The third-order valence-corrected chi connectivity index (χ3v) is 2.68. The van der Waals surface area contributed by atoms with Crippen molar-refractivity contribution in [3.05, 3.63) is 33.9 Å². The van der Waals surface area contributed by atoms with Gasteiger partial charge >= 0.3 is 0 Å². The number of hydrogen-bond acceptors (Lipinski definition) is 4. The number of nitriles is 1. The standard InChI is InChI=1S/C11H8BrN3O/c1-6-2-3-7(12)4-8(6)11-15-9(5-13)10(14)16-11/h2-4H,14H2,1H3. The summed E-state index contributed by atoms with van der Waals surface area (Å²) >= 11 is 3.37. The summed E-state index contributed by atoms with van der Waals surface area (Å²) in [5.41, 5.74) is 7.46. The molecule has 0 bridgehead atoms. The van der Waals surface area contributed by atoms with Crippen LogP contribution in [-0.2, 0) is 0 Å². The van der Waals surface area contributed by atoms with Crippen LogP contribution < -0.4 is 5.73 Å². The SMILES string of the molecule is Cc1ccc(Br)cc1-c1nc(C#N)c(N)o1. The molecule has 0 aliphatic carbocycles. The van der Waals surface area contributed by atoms with Gasteiger partial charge in [-0.3, -0.25) is 0 Å². The predicted octanol–water partition coefficient (Wildman–Crippen LogP) is 2.87. The fraction of sp³-hybridized carbons (Fsp3) is 0.0909. The molecule has 0 spiro atoms. The lowest BCUT2D eigenvalue weighted by atomic mass is 10.1. The number of oxazole rings is 1. The first-order chi connectivity index (χ1) is 7.61. The summed E-state index contributed by atoms with van der Waals surface area (Å²) in [5, 5.41) is 8.74. The summed E-state index contributed by atoms with van der Waals surface area (Å²) in [6.45, 7) is 1.94. The summed E-state index contributed by atoms with van der Waals surface area (Å²) in [6, 6.07) is 7.62. The van der Waals surface area contributed by atoms with Crippen molar-refractivity contribution in [1.29, 1.82) is 5.26 Å². The highest BCUT2D eigenvalue weighted by Crippen LogP contribution is 2.28. The van der Waals surface area contributed by atoms with Crippen LogP contribution in [0.3, 0.4) is 0 Å². The Labute approximate surface area is 101 Å². The molecule has 1 aromatic carbocycles. The van der Waals surface area contributed by atoms with Gasteiger partial charge in [-0.25, -0.2) is 0 Å². The van der Waals surface area contributed by atoms with E-state index >= 15 is 0 Å². The van der Waals surface area contributed by atoms with Gasteiger partial charge in [-0.2, -0.15) is 10.2 Å². The molecule has 2 rings (SSSR count). The zero-order chi connectivity index (χ0) is 11.7. The number of nitrogen functional groups attached to an aromatic ring is 1. The molecule has 1 aromatic heterocycles. The molecule has 0 saturated heterocycles. The summed E-state index contributed by atoms with van der Waals surface area (Å²) in [5.74, 6) is 0.421. The van der Waals surface area contributed by atoms with Crippen molar-refractivity contribution in [3.8, 4) is 17.5 Å². The Kier molecular flexibility index (Phi) is 2.67. The third-order valence-electron chi connectivity index (χ3n) is 2.19. The van der Waals surface area contributed by atoms with Gasteiger partial charge in [0.15, 0.2) is 0 Å². The highest BCUT2D eigenvalue weighted by molar-refractivity contribution is 9.10. The second kappa shape index (κ2) is 3.99. The Hall–Kier alpha value is -1.80. The minimum Gasteiger partial charge on any atom is -0.419 e. The molecule has 2 N–H and O–H groups in total. The fourth-order valence-corrected chi connectivity index (χ4v) is 1.71. The van der Waals surface area contributed by atoms with Crippen LogP contribution >= 0.6 is 15.9 Å². The Morgan fingerprint density at radius 2 is 2.25 bits per heavy atom. The van der Waals surface area contributed by atoms with E-state index in [1.165, 1.54) is 0 Å². The van der Waals surface area contributed by atoms with E-state index in [2.05, 4.69) is 20.9 Å². The van der Waals surface area contributed by atoms with Crippen LogP contribution in [0.4, 0.5) is 5.88 Å². The van der Waals surface area contributed by atoms with Gasteiger partial charge in [-0.1, -0.05) is 22.0 Å². The number of aryl methyl sites for hydroxylation is 1. The van der Waals surface area contributed by atoms with Gasteiger partial charge in [0.05, 0.1) is 0 Å². The first kappa shape index (κ1) is 10.7. The molecular weight excluding hydrogens is 270 g/mol. The molecule has 0 fully saturated rings. The van der Waals surface area contributed by atoms with Crippen molar-refractivity contribution in [1.82, 2.24) is 4.98 Å². The fourth-order valence-electron chi connectivity index (χ4n) is 1.35. The minimum atomic E-state index is 0.0527. The second-order valence-corrected chi connectivity index (χ2v) is 4.22. The highest BCUT2D eigenvalue weighted by Gasteiger charge is 2.13. The quantitative estimate of drug-likeness (QED) is 0.870. The Balaban J connectivity index is 2.59. The third kappa shape index (κ3) is 1.79. The largest absolute Gasteiger partial charge is 0.419 e. The average molecular weight is 278 g/mol. The number of halogens is 1. The molecule has 1 heterocycles. The van der Waals surface area contributed by atoms with E-state index in [1.807, 2.05) is 31.2 Å².